The molecule has 3 heteroatoms. The van der Waals surface area contributed by atoms with E-state index >= 15 is 0 Å². The summed E-state index contributed by atoms with van der Waals surface area (Å²) in [5, 5.41) is 8.45. The van der Waals surface area contributed by atoms with E-state index < -0.39 is 0 Å². The third-order valence-electron chi connectivity index (χ3n) is 1.52. The Morgan fingerprint density at radius 1 is 1.73 bits per heavy atom. The van der Waals surface area contributed by atoms with E-state index in [0.717, 1.165) is 15.7 Å². The first-order valence-electron chi connectivity index (χ1n) is 3.22. The van der Waals surface area contributed by atoms with Crippen LogP contribution in [0.2, 0.25) is 0 Å². The third-order valence-corrected chi connectivity index (χ3v) is 2.32. The molecular weight excluding hydrogens is 204 g/mol. The van der Waals surface area contributed by atoms with Crippen LogP contribution >= 0.6 is 15.9 Å². The van der Waals surface area contributed by atoms with Gasteiger partial charge in [0, 0.05) is 6.20 Å². The van der Waals surface area contributed by atoms with E-state index in [0.29, 0.717) is 6.42 Å². The van der Waals surface area contributed by atoms with Gasteiger partial charge in [-0.2, -0.15) is 5.26 Å². The largest absolute Gasteiger partial charge is 0.249 e. The van der Waals surface area contributed by atoms with Crippen molar-refractivity contribution in [3.63, 3.8) is 0 Å². The van der Waals surface area contributed by atoms with Crippen molar-refractivity contribution in [1.29, 1.82) is 5.26 Å². The molecule has 1 aromatic heterocycles. The Labute approximate surface area is 74.0 Å². The number of hydrogen-bond donors (Lipinski definition) is 0. The van der Waals surface area contributed by atoms with Gasteiger partial charge in [0.05, 0.1) is 12.5 Å². The quantitative estimate of drug-likeness (QED) is 0.667. The summed E-state index contributed by atoms with van der Waals surface area (Å²) in [6, 6.07) is 3.97. The summed E-state index contributed by atoms with van der Waals surface area (Å²) in [7, 11) is 0. The molecule has 0 atom stereocenters. The van der Waals surface area contributed by atoms with Crippen LogP contribution in [-0.2, 0) is 6.42 Å². The number of nitriles is 1. The summed E-state index contributed by atoms with van der Waals surface area (Å²) in [4.78, 5) is 4.03. The Hall–Kier alpha value is -0.880. The molecule has 0 spiro atoms. The van der Waals surface area contributed by atoms with Crippen molar-refractivity contribution in [3.05, 3.63) is 28.0 Å². The Kier molecular flexibility index (Phi) is 2.61. The fourth-order valence-electron chi connectivity index (χ4n) is 0.824. The van der Waals surface area contributed by atoms with Gasteiger partial charge in [-0.05, 0) is 40.0 Å². The third kappa shape index (κ3) is 1.78. The van der Waals surface area contributed by atoms with Crippen LogP contribution < -0.4 is 0 Å². The lowest BCUT2D eigenvalue weighted by atomic mass is 10.1. The molecule has 0 aromatic carbocycles. The number of hydrogen-bond acceptors (Lipinski definition) is 2. The minimum absolute atomic E-state index is 0.451. The van der Waals surface area contributed by atoms with Crippen molar-refractivity contribution < 1.29 is 0 Å². The summed E-state index contributed by atoms with van der Waals surface area (Å²) in [6.07, 6.45) is 2.15. The van der Waals surface area contributed by atoms with Crippen LogP contribution in [0.4, 0.5) is 0 Å². The van der Waals surface area contributed by atoms with Gasteiger partial charge in [0.15, 0.2) is 0 Å². The molecule has 1 aromatic rings. The minimum atomic E-state index is 0.451. The smallest absolute Gasteiger partial charge is 0.109 e. The van der Waals surface area contributed by atoms with Crippen LogP contribution in [0.15, 0.2) is 16.9 Å². The van der Waals surface area contributed by atoms with E-state index in [9.17, 15) is 0 Å². The molecule has 0 saturated carbocycles. The van der Waals surface area contributed by atoms with Crippen LogP contribution in [0.25, 0.3) is 0 Å². The molecule has 0 bridgehead atoms. The number of nitrogens with zero attached hydrogens (tertiary/aromatic N) is 2. The molecule has 0 aliphatic carbocycles. The predicted octanol–water partition coefficient (Wildman–Crippen LogP) is 2.22. The Bertz CT molecular complexity index is 301. The van der Waals surface area contributed by atoms with E-state index in [-0.39, 0.29) is 0 Å². The van der Waals surface area contributed by atoms with Crippen LogP contribution in [0, 0.1) is 18.3 Å². The van der Waals surface area contributed by atoms with Crippen LogP contribution in [0.5, 0.6) is 0 Å². The molecule has 0 aliphatic rings. The molecule has 0 aliphatic heterocycles. The first kappa shape index (κ1) is 8.22. The maximum absolute atomic E-state index is 8.45. The van der Waals surface area contributed by atoms with Gasteiger partial charge in [-0.25, -0.2) is 4.98 Å². The monoisotopic (exact) mass is 210 g/mol. The molecule has 1 heterocycles. The first-order valence-corrected chi connectivity index (χ1v) is 4.02. The average Bonchev–Trinajstić information content (AvgIpc) is 1.99. The van der Waals surface area contributed by atoms with E-state index in [1.165, 1.54) is 0 Å². The summed E-state index contributed by atoms with van der Waals surface area (Å²) < 4.78 is 0.824. The van der Waals surface area contributed by atoms with Gasteiger partial charge in [-0.3, -0.25) is 0 Å². The maximum atomic E-state index is 8.45. The minimum Gasteiger partial charge on any atom is -0.249 e. The van der Waals surface area contributed by atoms with Crippen LogP contribution in [0.1, 0.15) is 11.1 Å². The Balaban J connectivity index is 3.08. The lowest BCUT2D eigenvalue weighted by Crippen LogP contribution is -1.90. The summed E-state index contributed by atoms with van der Waals surface area (Å²) >= 11 is 3.30. The Morgan fingerprint density at radius 2 is 2.45 bits per heavy atom. The van der Waals surface area contributed by atoms with Crippen molar-refractivity contribution in [2.75, 3.05) is 0 Å². The highest BCUT2D eigenvalue weighted by Crippen LogP contribution is 2.16. The van der Waals surface area contributed by atoms with Gasteiger partial charge in [0.1, 0.15) is 4.60 Å². The molecule has 0 radical (unpaired) electrons. The molecule has 0 saturated heterocycles. The van der Waals surface area contributed by atoms with Gasteiger partial charge in [0.25, 0.3) is 0 Å². The lowest BCUT2D eigenvalue weighted by Gasteiger charge is -2.00. The molecule has 0 fully saturated rings. The summed E-state index contributed by atoms with van der Waals surface area (Å²) in [5.41, 5.74) is 2.09. The standard InChI is InChI=1S/C8H7BrN2/c1-6-7(2-4-10)3-5-11-8(6)9/h3,5H,2H2,1H3. The zero-order valence-corrected chi connectivity index (χ0v) is 7.72. The highest BCUT2D eigenvalue weighted by atomic mass is 79.9. The van der Waals surface area contributed by atoms with Gasteiger partial charge >= 0.3 is 0 Å². The lowest BCUT2D eigenvalue weighted by molar-refractivity contribution is 1.13. The maximum Gasteiger partial charge on any atom is 0.109 e. The van der Waals surface area contributed by atoms with E-state index in [1.807, 2.05) is 13.0 Å². The van der Waals surface area contributed by atoms with Gasteiger partial charge in [-0.15, -0.1) is 0 Å². The van der Waals surface area contributed by atoms with Gasteiger partial charge in [-0.1, -0.05) is 0 Å². The second-order valence-corrected chi connectivity index (χ2v) is 2.97. The molecule has 1 rings (SSSR count). The molecule has 56 valence electrons. The zero-order chi connectivity index (χ0) is 8.27. The zero-order valence-electron chi connectivity index (χ0n) is 6.13. The molecule has 0 amide bonds. The number of halogens is 1. The summed E-state index contributed by atoms with van der Waals surface area (Å²) in [5.74, 6) is 0. The van der Waals surface area contributed by atoms with Crippen LogP contribution in [0.3, 0.4) is 0 Å². The van der Waals surface area contributed by atoms with Crippen molar-refractivity contribution in [2.24, 2.45) is 0 Å². The van der Waals surface area contributed by atoms with Crippen LogP contribution in [-0.4, -0.2) is 4.98 Å². The second kappa shape index (κ2) is 3.49. The number of pyridine rings is 1. The van der Waals surface area contributed by atoms with Gasteiger partial charge < -0.3 is 0 Å². The number of aromatic nitrogens is 1. The van der Waals surface area contributed by atoms with Crippen molar-refractivity contribution in [3.8, 4) is 6.07 Å². The topological polar surface area (TPSA) is 36.7 Å². The normalized spacial score (nSPS) is 9.18. The van der Waals surface area contributed by atoms with E-state index in [4.69, 9.17) is 5.26 Å². The van der Waals surface area contributed by atoms with Crippen molar-refractivity contribution >= 4 is 15.9 Å². The SMILES string of the molecule is Cc1c(CC#N)ccnc1Br. The second-order valence-electron chi connectivity index (χ2n) is 2.22. The number of rotatable bonds is 1. The predicted molar refractivity (Wildman–Crippen MR) is 46.0 cm³/mol. The first-order chi connectivity index (χ1) is 5.25. The van der Waals surface area contributed by atoms with E-state index in [1.54, 1.807) is 6.20 Å². The highest BCUT2D eigenvalue weighted by molar-refractivity contribution is 9.10. The van der Waals surface area contributed by atoms with Crippen molar-refractivity contribution in [1.82, 2.24) is 4.98 Å². The molecule has 0 N–H and O–H groups in total. The molecular formula is C8H7BrN2. The van der Waals surface area contributed by atoms with Crippen molar-refractivity contribution in [2.45, 2.75) is 13.3 Å². The fraction of sp³-hybridized carbons (Fsp3) is 0.250. The van der Waals surface area contributed by atoms with Gasteiger partial charge in [0.2, 0.25) is 0 Å². The molecule has 2 nitrogen and oxygen atoms in total. The fourth-order valence-corrected chi connectivity index (χ4v) is 1.20. The van der Waals surface area contributed by atoms with E-state index in [2.05, 4.69) is 27.0 Å². The molecule has 0 unspecified atom stereocenters. The highest BCUT2D eigenvalue weighted by Gasteiger charge is 2.00. The average molecular weight is 211 g/mol. The molecule has 11 heavy (non-hydrogen) atoms. The Morgan fingerprint density at radius 3 is 3.09 bits per heavy atom. The summed E-state index contributed by atoms with van der Waals surface area (Å²) in [6.45, 7) is 1.95.